The van der Waals surface area contributed by atoms with Crippen LogP contribution in [0.4, 0.5) is 0 Å². The number of halogens is 1. The summed E-state index contributed by atoms with van der Waals surface area (Å²) in [6.45, 7) is -7.33. The fraction of sp³-hybridized carbons (Fsp3) is 0.226. The number of nitrogens with zero attached hydrogens (tertiary/aromatic N) is 9. The molecule has 0 spiro atoms. The first-order valence-electron chi connectivity index (χ1n) is 46.3. The molecule has 0 bridgehead atoms. The predicted octanol–water partition coefficient (Wildman–Crippen LogP) is 21.8. The first-order chi connectivity index (χ1) is 61.5. The predicted molar refractivity (Wildman–Crippen MR) is 449 cm³/mol. The van der Waals surface area contributed by atoms with Crippen LogP contribution in [0.5, 0.6) is 17.2 Å². The molecule has 0 aliphatic carbocycles. The van der Waals surface area contributed by atoms with Crippen molar-refractivity contribution in [3.63, 3.8) is 0 Å². The SMILES string of the molecule is Cn1c(-c2ccccc2O)nc2c(Br)cccc21.[2H]c1c(-c2ccccn2)[c-]c(-c2cccc3c2nc(-c2ccccc2O)n3C)c([2H])c1C(C)(C([2H])([2H])[2H])C([2H])([2H])[2H].[2H]c1c(-c2ccccn2)cc(-c2cccc3c2nc(-c2ccccc2O)n3C)c([2H])c1C(C)(C([2H])([2H])[2H])C([2H])([2H])[2H].[2H]c1c(B2OC(C)(C)C(C)(C)O2)cc(-c2ccccn2)cc1C(C)(C([2H])([2H])[2H])C([2H])([2H])[2H].[Pt]. The number of para-hydroxylation sites is 6. The molecule has 3 N–H and O–H groups in total. The number of aromatic nitrogens is 9. The summed E-state index contributed by atoms with van der Waals surface area (Å²) in [7, 11) is 4.56. The molecular weight excluding hydrogens is 1610 g/mol. The third kappa shape index (κ3) is 16.6. The van der Waals surface area contributed by atoms with Crippen LogP contribution < -0.4 is 5.46 Å². The van der Waals surface area contributed by atoms with Crippen molar-refractivity contribution >= 4 is 61.6 Å². The van der Waals surface area contributed by atoms with Crippen LogP contribution in [0.3, 0.4) is 0 Å². The van der Waals surface area contributed by atoms with Gasteiger partial charge in [0.2, 0.25) is 0 Å². The van der Waals surface area contributed by atoms with Crippen LogP contribution in [0.2, 0.25) is 0 Å². The Kier molecular flexibility index (Phi) is 15.6. The molecule has 0 unspecified atom stereocenters. The van der Waals surface area contributed by atoms with E-state index in [2.05, 4.69) is 41.9 Å². The molecule has 0 radical (unpaired) electrons. The van der Waals surface area contributed by atoms with Gasteiger partial charge in [0, 0.05) is 115 Å². The maximum absolute atomic E-state index is 10.5. The van der Waals surface area contributed by atoms with Crippen molar-refractivity contribution in [2.24, 2.45) is 21.1 Å². The van der Waals surface area contributed by atoms with Crippen molar-refractivity contribution in [1.29, 1.82) is 0 Å². The number of phenolic OH excluding ortho intramolecular Hbond substituents is 3. The summed E-state index contributed by atoms with van der Waals surface area (Å²) in [5.41, 5.74) is -0.590. The fourth-order valence-electron chi connectivity index (χ4n) is 12.4. The molecule has 15 aromatic rings. The zero-order valence-corrected chi connectivity index (χ0v) is 65.6. The molecule has 110 heavy (non-hydrogen) atoms. The Morgan fingerprint density at radius 1 is 0.418 bits per heavy atom. The number of aryl methyl sites for hydroxylation is 3. The Bertz CT molecular complexity index is 6570. The molecule has 560 valence electrons. The number of benzene rings is 9. The molecule has 16 rings (SSSR count). The van der Waals surface area contributed by atoms with Gasteiger partial charge in [-0.2, -0.15) is 0 Å². The van der Waals surface area contributed by atoms with Gasteiger partial charge in [0.05, 0.1) is 71.0 Å². The Labute approximate surface area is 700 Å². The monoisotopic (exact) mass is 1720 g/mol. The van der Waals surface area contributed by atoms with Gasteiger partial charge in [-0.05, 0) is 191 Å². The van der Waals surface area contributed by atoms with E-state index in [1.165, 1.54) is 18.5 Å². The second kappa shape index (κ2) is 31.8. The van der Waals surface area contributed by atoms with Crippen LogP contribution in [-0.4, -0.2) is 77.2 Å². The van der Waals surface area contributed by atoms with Gasteiger partial charge in [-0.1, -0.05) is 182 Å². The van der Waals surface area contributed by atoms with Crippen LogP contribution in [0.1, 0.15) is 138 Å². The van der Waals surface area contributed by atoms with E-state index >= 15 is 0 Å². The van der Waals surface area contributed by atoms with Crippen LogP contribution in [0.15, 0.2) is 253 Å². The number of imidazole rings is 3. The molecule has 6 aromatic heterocycles. The van der Waals surface area contributed by atoms with Gasteiger partial charge in [0.15, 0.2) is 0 Å². The molecule has 7 heterocycles. The zero-order valence-electron chi connectivity index (χ0n) is 84.7. The molecule has 1 fully saturated rings. The Morgan fingerprint density at radius 2 is 0.809 bits per heavy atom. The quantitative estimate of drug-likeness (QED) is 0.0928. The largest absolute Gasteiger partial charge is 0.507 e. The van der Waals surface area contributed by atoms with Crippen LogP contribution in [0.25, 0.3) is 123 Å². The normalized spacial score (nSPS) is 17.0. The van der Waals surface area contributed by atoms with Crippen molar-refractivity contribution < 1.29 is 77.2 Å². The van der Waals surface area contributed by atoms with Gasteiger partial charge in [-0.15, -0.1) is 29.3 Å². The number of pyridine rings is 3. The van der Waals surface area contributed by atoms with Crippen LogP contribution in [0, 0.1) is 6.07 Å². The summed E-state index contributed by atoms with van der Waals surface area (Å²) >= 11 is 3.50. The van der Waals surface area contributed by atoms with Gasteiger partial charge in [-0.25, -0.2) is 15.0 Å². The number of fused-ring (bicyclic) bond motifs is 3. The van der Waals surface area contributed by atoms with Gasteiger partial charge in [0.1, 0.15) is 40.2 Å². The standard InChI is InChI=1S/C29H27N3O.C29H26N3O.C21H28BNO2.C14H11BrN2O.Pt/c2*1-29(2,3)21-17-19(16-20(18-21)24-12-7-8-15-30-24)22-11-9-13-25-27(22)31-28(32(25)4)23-10-5-6-14-26(23)33;1-19(2,3)16-12-15(18-10-8-9-11-23-18)13-17(14-16)22-24-20(4,5)21(6,7)25-22;1-17-11-7-4-6-10(15)13(11)16-14(17)9-5-2-3-8-12(9)18;/h5-18,33H,1-4H3;5-15,17-18,33H,1-4H3;8-14H,1-7H3;2-8,18H,1H3;/q;-1;;;/i2*1D3,2D3,17D,18D;1D3,2D3,14D;;. The minimum atomic E-state index is -3.08. The van der Waals surface area contributed by atoms with Crippen molar-refractivity contribution in [2.75, 3.05) is 0 Å². The Balaban J connectivity index is 0.000000165. The average molecular weight is 1720 g/mol. The molecule has 17 heteroatoms. The number of aromatic hydroxyl groups is 3. The van der Waals surface area contributed by atoms with E-state index in [1.54, 1.807) is 181 Å². The summed E-state index contributed by atoms with van der Waals surface area (Å²) in [5, 5.41) is 30.9. The number of hydrogen-bond donors (Lipinski definition) is 3. The van der Waals surface area contributed by atoms with Crippen molar-refractivity contribution in [3.8, 4) is 107 Å². The number of phenols is 3. The number of rotatable bonds is 9. The molecule has 0 atom stereocenters. The molecule has 0 amide bonds. The van der Waals surface area contributed by atoms with Gasteiger partial charge in [0.25, 0.3) is 0 Å². The smallest absolute Gasteiger partial charge is 0.494 e. The third-order valence-corrected chi connectivity index (χ3v) is 19.6. The van der Waals surface area contributed by atoms with Crippen LogP contribution in [-0.2, 0) is 67.8 Å². The third-order valence-electron chi connectivity index (χ3n) is 19.0. The fourth-order valence-corrected chi connectivity index (χ4v) is 12.9. The summed E-state index contributed by atoms with van der Waals surface area (Å²) < 4.78 is 211. The first kappa shape index (κ1) is 54.1. The Hall–Kier alpha value is -10.6. The maximum atomic E-state index is 10.5. The Morgan fingerprint density at radius 3 is 1.28 bits per heavy atom. The van der Waals surface area contributed by atoms with Crippen LogP contribution >= 0.6 is 15.9 Å². The molecule has 1 aliphatic rings. The molecule has 1 saturated heterocycles. The van der Waals surface area contributed by atoms with Crippen molar-refractivity contribution in [2.45, 2.75) is 117 Å². The van der Waals surface area contributed by atoms with E-state index in [9.17, 15) is 18.1 Å². The van der Waals surface area contributed by atoms with E-state index < -0.39 is 98.9 Å². The van der Waals surface area contributed by atoms with E-state index in [4.69, 9.17) is 48.1 Å². The minimum Gasteiger partial charge on any atom is -0.507 e. The van der Waals surface area contributed by atoms with Gasteiger partial charge < -0.3 is 38.3 Å². The molecular formula is C93H92BBrN9O5Pt-. The maximum Gasteiger partial charge on any atom is 0.494 e. The minimum absolute atomic E-state index is 0. The van der Waals surface area contributed by atoms with Gasteiger partial charge >= 0.3 is 7.12 Å². The summed E-state index contributed by atoms with van der Waals surface area (Å²) in [6, 6.07) is 58.4. The first-order valence-corrected chi connectivity index (χ1v) is 35.6. The summed E-state index contributed by atoms with van der Waals surface area (Å²) in [6.07, 6.45) is 4.61. The topological polar surface area (TPSA) is 171 Å². The van der Waals surface area contributed by atoms with Gasteiger partial charge in [-0.3, -0.25) is 15.0 Å². The molecule has 0 saturated carbocycles. The van der Waals surface area contributed by atoms with E-state index in [-0.39, 0.29) is 95.4 Å². The second-order valence-electron chi connectivity index (χ2n) is 27.9. The second-order valence-corrected chi connectivity index (χ2v) is 28.8. The zero-order chi connectivity index (χ0) is 96.8. The molecule has 14 nitrogen and oxygen atoms in total. The van der Waals surface area contributed by atoms with E-state index in [1.807, 2.05) is 81.8 Å². The average Bonchev–Trinajstić information content (AvgIpc) is 1.70. The van der Waals surface area contributed by atoms with E-state index in [0.717, 1.165) is 47.7 Å². The molecule has 9 aromatic carbocycles. The summed E-state index contributed by atoms with van der Waals surface area (Å²) in [5.74, 6) is 1.99. The number of hydrogen-bond acceptors (Lipinski definition) is 11. The molecule has 1 aliphatic heterocycles. The van der Waals surface area contributed by atoms with Crippen molar-refractivity contribution in [3.05, 3.63) is 276 Å². The van der Waals surface area contributed by atoms with Crippen molar-refractivity contribution in [1.82, 2.24) is 43.6 Å². The van der Waals surface area contributed by atoms with E-state index in [0.29, 0.717) is 72.9 Å². The summed E-state index contributed by atoms with van der Waals surface area (Å²) in [4.78, 5) is 27.2.